The van der Waals surface area contributed by atoms with Gasteiger partial charge in [0, 0.05) is 31.5 Å². The number of benzene rings is 1. The van der Waals surface area contributed by atoms with Crippen LogP contribution in [0, 0.1) is 17.0 Å². The van der Waals surface area contributed by atoms with Gasteiger partial charge in [0.1, 0.15) is 17.5 Å². The summed E-state index contributed by atoms with van der Waals surface area (Å²) in [4.78, 5) is 19.2. The van der Waals surface area contributed by atoms with Gasteiger partial charge in [0.25, 0.3) is 5.91 Å². The topological polar surface area (TPSA) is 50.2 Å². The van der Waals surface area contributed by atoms with E-state index in [1.54, 1.807) is 11.1 Å². The van der Waals surface area contributed by atoms with E-state index < -0.39 is 17.5 Å². The molecule has 2 aromatic rings. The van der Waals surface area contributed by atoms with Crippen LogP contribution < -0.4 is 5.32 Å². The lowest BCUT2D eigenvalue weighted by molar-refractivity contribution is 0.0680. The average molecular weight is 360 g/mol. The van der Waals surface area contributed by atoms with Crippen molar-refractivity contribution in [2.24, 2.45) is 12.5 Å². The summed E-state index contributed by atoms with van der Waals surface area (Å²) < 4.78 is 29.3. The molecule has 2 aliphatic rings. The van der Waals surface area contributed by atoms with E-state index in [0.29, 0.717) is 6.54 Å². The molecule has 1 saturated carbocycles. The Labute approximate surface area is 151 Å². The Bertz CT molecular complexity index is 829. The lowest BCUT2D eigenvalue weighted by atomic mass is 9.93. The second-order valence-electron chi connectivity index (χ2n) is 7.34. The van der Waals surface area contributed by atoms with E-state index in [0.717, 1.165) is 50.3 Å². The minimum absolute atomic E-state index is 0.0678. The van der Waals surface area contributed by atoms with Crippen LogP contribution in [0.1, 0.15) is 35.4 Å². The second-order valence-corrected chi connectivity index (χ2v) is 7.34. The zero-order chi connectivity index (χ0) is 18.3. The molecule has 138 valence electrons. The first kappa shape index (κ1) is 17.1. The summed E-state index contributed by atoms with van der Waals surface area (Å²) in [7, 11) is 1.87. The van der Waals surface area contributed by atoms with Gasteiger partial charge in [-0.3, -0.25) is 4.79 Å². The molecule has 0 bridgehead atoms. The molecule has 1 aliphatic heterocycles. The van der Waals surface area contributed by atoms with Gasteiger partial charge in [0.2, 0.25) is 0 Å². The molecular formula is C19H22F2N4O. The third-order valence-electron chi connectivity index (χ3n) is 5.78. The second kappa shape index (κ2) is 6.46. The Morgan fingerprint density at radius 3 is 2.81 bits per heavy atom. The molecule has 1 saturated heterocycles. The van der Waals surface area contributed by atoms with Crippen molar-refractivity contribution in [3.8, 4) is 0 Å². The number of rotatable bonds is 4. The van der Waals surface area contributed by atoms with Gasteiger partial charge in [0.05, 0.1) is 12.1 Å². The Balaban J connectivity index is 1.64. The number of aryl methyl sites for hydroxylation is 1. The summed E-state index contributed by atoms with van der Waals surface area (Å²) in [6.45, 7) is 2.19. The van der Waals surface area contributed by atoms with E-state index in [2.05, 4.69) is 10.3 Å². The highest BCUT2D eigenvalue weighted by molar-refractivity contribution is 5.95. The molecular weight excluding hydrogens is 338 g/mol. The zero-order valence-corrected chi connectivity index (χ0v) is 14.7. The van der Waals surface area contributed by atoms with Crippen molar-refractivity contribution in [3.05, 3.63) is 53.6 Å². The van der Waals surface area contributed by atoms with Crippen LogP contribution in [0.15, 0.2) is 30.6 Å². The van der Waals surface area contributed by atoms with Gasteiger partial charge < -0.3 is 14.8 Å². The van der Waals surface area contributed by atoms with Crippen molar-refractivity contribution in [1.82, 2.24) is 19.8 Å². The third kappa shape index (κ3) is 3.00. The van der Waals surface area contributed by atoms with E-state index in [1.165, 1.54) is 6.07 Å². The van der Waals surface area contributed by atoms with Crippen molar-refractivity contribution in [2.45, 2.75) is 31.8 Å². The zero-order valence-electron chi connectivity index (χ0n) is 14.7. The standard InChI is InChI=1S/C19H22F2N4O/c1-24-9-8-23-17(24)12-25(16-11-19(16)4-6-22-7-5-19)18(26)14-3-2-13(20)10-15(14)21/h2-3,8-10,16,22H,4-7,11-12H2,1H3. The van der Waals surface area contributed by atoms with Crippen molar-refractivity contribution in [3.63, 3.8) is 0 Å². The van der Waals surface area contributed by atoms with E-state index in [9.17, 15) is 13.6 Å². The van der Waals surface area contributed by atoms with Crippen LogP contribution in [0.5, 0.6) is 0 Å². The largest absolute Gasteiger partial charge is 0.337 e. The quantitative estimate of drug-likeness (QED) is 0.911. The van der Waals surface area contributed by atoms with Crippen LogP contribution in [-0.2, 0) is 13.6 Å². The molecule has 1 aromatic carbocycles. The first-order chi connectivity index (χ1) is 12.5. The normalized spacial score (nSPS) is 21.0. The number of nitrogens with one attached hydrogen (secondary N) is 1. The average Bonchev–Trinajstić information content (AvgIpc) is 3.13. The molecule has 1 spiro atoms. The van der Waals surface area contributed by atoms with Gasteiger partial charge in [-0.05, 0) is 49.9 Å². The van der Waals surface area contributed by atoms with Crippen molar-refractivity contribution in [2.75, 3.05) is 13.1 Å². The molecule has 2 heterocycles. The van der Waals surface area contributed by atoms with Gasteiger partial charge in [0.15, 0.2) is 0 Å². The molecule has 1 atom stereocenters. The highest BCUT2D eigenvalue weighted by atomic mass is 19.1. The summed E-state index contributed by atoms with van der Waals surface area (Å²) >= 11 is 0. The number of imidazole rings is 1. The molecule has 26 heavy (non-hydrogen) atoms. The van der Waals surface area contributed by atoms with Crippen molar-refractivity contribution >= 4 is 5.91 Å². The summed E-state index contributed by atoms with van der Waals surface area (Å²) in [5.41, 5.74) is 0.0272. The fourth-order valence-corrected chi connectivity index (χ4v) is 4.07. The van der Waals surface area contributed by atoms with Crippen LogP contribution in [0.4, 0.5) is 8.78 Å². The fourth-order valence-electron chi connectivity index (χ4n) is 4.07. The molecule has 0 radical (unpaired) electrons. The van der Waals surface area contributed by atoms with Crippen LogP contribution >= 0.6 is 0 Å². The number of carbonyl (C=O) groups excluding carboxylic acids is 1. The SMILES string of the molecule is Cn1ccnc1CN(C(=O)c1ccc(F)cc1F)C1CC12CCNCC2. The number of carbonyl (C=O) groups is 1. The number of piperidine rings is 1. The van der Waals surface area contributed by atoms with Crippen molar-refractivity contribution < 1.29 is 13.6 Å². The van der Waals surface area contributed by atoms with E-state index in [1.807, 2.05) is 17.8 Å². The van der Waals surface area contributed by atoms with Gasteiger partial charge in [-0.15, -0.1) is 0 Å². The molecule has 1 aliphatic carbocycles. The molecule has 2 fully saturated rings. The highest BCUT2D eigenvalue weighted by Gasteiger charge is 2.58. The smallest absolute Gasteiger partial charge is 0.257 e. The fraction of sp³-hybridized carbons (Fsp3) is 0.474. The van der Waals surface area contributed by atoms with Crippen molar-refractivity contribution in [1.29, 1.82) is 0 Å². The third-order valence-corrected chi connectivity index (χ3v) is 5.78. The predicted molar refractivity (Wildman–Crippen MR) is 92.4 cm³/mol. The lowest BCUT2D eigenvalue weighted by Crippen LogP contribution is -2.39. The molecule has 1 unspecified atom stereocenters. The molecule has 7 heteroatoms. The maximum Gasteiger partial charge on any atom is 0.257 e. The first-order valence-corrected chi connectivity index (χ1v) is 8.93. The maximum atomic E-state index is 14.2. The van der Waals surface area contributed by atoms with Gasteiger partial charge in [-0.1, -0.05) is 0 Å². The summed E-state index contributed by atoms with van der Waals surface area (Å²) in [5, 5.41) is 3.35. The number of amides is 1. The minimum atomic E-state index is -0.820. The molecule has 4 rings (SSSR count). The monoisotopic (exact) mass is 360 g/mol. The Morgan fingerprint density at radius 2 is 2.15 bits per heavy atom. The molecule has 5 nitrogen and oxygen atoms in total. The van der Waals surface area contributed by atoms with Gasteiger partial charge in [-0.25, -0.2) is 13.8 Å². The number of hydrogen-bond acceptors (Lipinski definition) is 3. The molecule has 1 amide bonds. The minimum Gasteiger partial charge on any atom is -0.337 e. The predicted octanol–water partition coefficient (Wildman–Crippen LogP) is 2.48. The van der Waals surface area contributed by atoms with Crippen LogP contribution in [0.2, 0.25) is 0 Å². The van der Waals surface area contributed by atoms with Gasteiger partial charge >= 0.3 is 0 Å². The summed E-state index contributed by atoms with van der Waals surface area (Å²) in [6, 6.07) is 3.19. The Hall–Kier alpha value is -2.28. The first-order valence-electron chi connectivity index (χ1n) is 8.93. The summed E-state index contributed by atoms with van der Waals surface area (Å²) in [6.07, 6.45) is 6.45. The van der Waals surface area contributed by atoms with Crippen LogP contribution in [0.25, 0.3) is 0 Å². The van der Waals surface area contributed by atoms with E-state index in [4.69, 9.17) is 0 Å². The van der Waals surface area contributed by atoms with Crippen LogP contribution in [0.3, 0.4) is 0 Å². The molecule has 1 N–H and O–H groups in total. The number of nitrogens with zero attached hydrogens (tertiary/aromatic N) is 3. The lowest BCUT2D eigenvalue weighted by Gasteiger charge is -2.29. The highest BCUT2D eigenvalue weighted by Crippen LogP contribution is 2.56. The Morgan fingerprint density at radius 1 is 1.38 bits per heavy atom. The van der Waals surface area contributed by atoms with E-state index >= 15 is 0 Å². The number of aromatic nitrogens is 2. The number of hydrogen-bond donors (Lipinski definition) is 1. The Kier molecular flexibility index (Phi) is 4.26. The summed E-state index contributed by atoms with van der Waals surface area (Å²) in [5.74, 6) is -1.15. The van der Waals surface area contributed by atoms with Gasteiger partial charge in [-0.2, -0.15) is 0 Å². The number of halogens is 2. The van der Waals surface area contributed by atoms with Crippen LogP contribution in [-0.4, -0.2) is 39.5 Å². The molecule has 1 aromatic heterocycles. The maximum absolute atomic E-state index is 14.2. The van der Waals surface area contributed by atoms with E-state index in [-0.39, 0.29) is 17.0 Å².